The zero-order valence-corrected chi connectivity index (χ0v) is 25.3. The molecule has 1 aromatic rings. The van der Waals surface area contributed by atoms with Crippen LogP contribution in [0.3, 0.4) is 0 Å². The molecule has 2 fully saturated rings. The highest BCUT2D eigenvalue weighted by molar-refractivity contribution is 8.00. The van der Waals surface area contributed by atoms with Crippen LogP contribution in [0.25, 0.3) is 0 Å². The van der Waals surface area contributed by atoms with E-state index in [0.717, 1.165) is 39.0 Å². The fourth-order valence-corrected chi connectivity index (χ4v) is 9.21. The SMILES string of the molecule is COc1ccc2c3c1O[C@H]1C(SC4OC(C(=O)O)C(OC(C)=O)C(OC(C)=O)C4OC(C)=O)C=C[C@H]4[C@@H](C2)N(C)CC[C@]314. The normalized spacial score (nSPS) is 37.0. The zero-order chi connectivity index (χ0) is 30.8. The molecule has 1 spiro atoms. The third-order valence-corrected chi connectivity index (χ3v) is 10.6. The van der Waals surface area contributed by atoms with Crippen LogP contribution < -0.4 is 9.47 Å². The second-order valence-corrected chi connectivity index (χ2v) is 13.0. The molecule has 6 unspecified atom stereocenters. The minimum atomic E-state index is -1.69. The Bertz CT molecular complexity index is 1380. The zero-order valence-electron chi connectivity index (χ0n) is 24.5. The second kappa shape index (κ2) is 11.0. The summed E-state index contributed by atoms with van der Waals surface area (Å²) < 4.78 is 34.9. The summed E-state index contributed by atoms with van der Waals surface area (Å²) in [5.41, 5.74) is 0.928. The van der Waals surface area contributed by atoms with E-state index >= 15 is 0 Å². The van der Waals surface area contributed by atoms with Crippen LogP contribution in [0.15, 0.2) is 24.3 Å². The quantitative estimate of drug-likeness (QED) is 0.270. The van der Waals surface area contributed by atoms with Gasteiger partial charge in [0.15, 0.2) is 35.9 Å². The second-order valence-electron chi connectivity index (χ2n) is 11.7. The van der Waals surface area contributed by atoms with Crippen molar-refractivity contribution in [3.63, 3.8) is 0 Å². The maximum Gasteiger partial charge on any atom is 0.336 e. The van der Waals surface area contributed by atoms with Crippen LogP contribution in [0.4, 0.5) is 0 Å². The Morgan fingerprint density at radius 3 is 2.33 bits per heavy atom. The molecule has 10 atom stereocenters. The summed E-state index contributed by atoms with van der Waals surface area (Å²) in [5, 5.41) is 9.70. The third-order valence-electron chi connectivity index (χ3n) is 9.27. The predicted octanol–water partition coefficient (Wildman–Crippen LogP) is 1.85. The Morgan fingerprint density at radius 2 is 1.67 bits per heavy atom. The number of likely N-dealkylation sites (tertiary alicyclic amines) is 1. The van der Waals surface area contributed by atoms with E-state index in [4.69, 9.17) is 28.4 Å². The standard InChI is InChI=1S/C30H35NO11S/c1-13(32)38-23-24(39-14(2)33)26(40-15(3)34)29(42-25(23)28(35)36)43-20-9-7-17-18-12-16-6-8-19(37-5)22-21(16)30(17,27(20)41-22)10-11-31(18)4/h6-9,17-18,20,23-27,29H,10-12H2,1-5H3,(H,35,36)/t17-,18+,20?,23?,24?,25?,26?,27-,29?,30-/m0/s1. The number of nitrogens with zero attached hydrogens (tertiary/aromatic N) is 1. The number of esters is 3. The fourth-order valence-electron chi connectivity index (χ4n) is 7.72. The molecule has 43 heavy (non-hydrogen) atoms. The smallest absolute Gasteiger partial charge is 0.336 e. The molecule has 1 N–H and O–H groups in total. The van der Waals surface area contributed by atoms with Crippen molar-refractivity contribution in [3.8, 4) is 11.5 Å². The number of carboxylic acid groups (broad SMARTS) is 1. The first-order chi connectivity index (χ1) is 20.5. The van der Waals surface area contributed by atoms with Crippen LogP contribution in [0, 0.1) is 5.92 Å². The molecule has 1 aromatic carbocycles. The molecule has 2 saturated heterocycles. The minimum absolute atomic E-state index is 0.180. The van der Waals surface area contributed by atoms with Crippen LogP contribution in [-0.4, -0.2) is 102 Å². The molecule has 0 radical (unpaired) electrons. The highest BCUT2D eigenvalue weighted by Gasteiger charge is 2.65. The van der Waals surface area contributed by atoms with Gasteiger partial charge in [-0.1, -0.05) is 18.2 Å². The van der Waals surface area contributed by atoms with Crippen molar-refractivity contribution in [2.45, 2.75) is 86.3 Å². The number of carbonyl (C=O) groups is 4. The number of likely N-dealkylation sites (N-methyl/N-ethyl adjacent to an activating group) is 1. The van der Waals surface area contributed by atoms with Gasteiger partial charge >= 0.3 is 23.9 Å². The van der Waals surface area contributed by atoms with Gasteiger partial charge in [0, 0.05) is 43.7 Å². The summed E-state index contributed by atoms with van der Waals surface area (Å²) in [4.78, 5) is 51.2. The summed E-state index contributed by atoms with van der Waals surface area (Å²) in [6, 6.07) is 4.33. The number of methoxy groups -OCH3 is 1. The van der Waals surface area contributed by atoms with E-state index < -0.39 is 53.7 Å². The molecule has 12 nitrogen and oxygen atoms in total. The van der Waals surface area contributed by atoms with E-state index in [1.165, 1.54) is 29.8 Å². The van der Waals surface area contributed by atoms with E-state index in [9.17, 15) is 24.3 Å². The van der Waals surface area contributed by atoms with Gasteiger partial charge in [0.25, 0.3) is 0 Å². The number of hydrogen-bond donors (Lipinski definition) is 1. The summed E-state index contributed by atoms with van der Waals surface area (Å²) >= 11 is 1.24. The lowest BCUT2D eigenvalue weighted by atomic mass is 9.53. The molecule has 2 aliphatic carbocycles. The van der Waals surface area contributed by atoms with Crippen molar-refractivity contribution in [3.05, 3.63) is 35.4 Å². The van der Waals surface area contributed by atoms with Gasteiger partial charge in [-0.2, -0.15) is 0 Å². The lowest BCUT2D eigenvalue weighted by Gasteiger charge is -2.57. The van der Waals surface area contributed by atoms with E-state index in [2.05, 4.69) is 30.2 Å². The molecule has 3 aliphatic heterocycles. The van der Waals surface area contributed by atoms with Gasteiger partial charge in [0.2, 0.25) is 0 Å². The van der Waals surface area contributed by atoms with Gasteiger partial charge in [-0.25, -0.2) is 4.79 Å². The molecular weight excluding hydrogens is 582 g/mol. The first-order valence-electron chi connectivity index (χ1n) is 14.3. The molecule has 2 bridgehead atoms. The summed E-state index contributed by atoms with van der Waals surface area (Å²) in [6.07, 6.45) is -0.302. The lowest BCUT2D eigenvalue weighted by molar-refractivity contribution is -0.234. The van der Waals surface area contributed by atoms with E-state index in [1.807, 2.05) is 6.07 Å². The Hall–Kier alpha value is -3.29. The maximum absolute atomic E-state index is 12.4. The number of ether oxygens (including phenoxy) is 6. The number of hydrogen-bond acceptors (Lipinski definition) is 12. The van der Waals surface area contributed by atoms with Crippen LogP contribution in [-0.2, 0) is 50.0 Å². The minimum Gasteiger partial charge on any atom is -0.493 e. The van der Waals surface area contributed by atoms with Gasteiger partial charge in [0.1, 0.15) is 11.5 Å². The molecule has 0 saturated carbocycles. The van der Waals surface area contributed by atoms with E-state index in [1.54, 1.807) is 7.11 Å². The molecule has 0 amide bonds. The average Bonchev–Trinajstić information content (AvgIpc) is 3.29. The Morgan fingerprint density at radius 1 is 1.00 bits per heavy atom. The van der Waals surface area contributed by atoms with Crippen LogP contribution in [0.1, 0.15) is 38.3 Å². The topological polar surface area (TPSA) is 147 Å². The van der Waals surface area contributed by atoms with Gasteiger partial charge < -0.3 is 38.4 Å². The van der Waals surface area contributed by atoms with Gasteiger partial charge in [-0.15, -0.1) is 11.8 Å². The molecule has 5 aliphatic rings. The molecule has 6 rings (SSSR count). The predicted molar refractivity (Wildman–Crippen MR) is 151 cm³/mol. The van der Waals surface area contributed by atoms with Crippen molar-refractivity contribution < 1.29 is 52.7 Å². The van der Waals surface area contributed by atoms with E-state index in [-0.39, 0.29) is 28.7 Å². The van der Waals surface area contributed by atoms with Crippen molar-refractivity contribution in [1.82, 2.24) is 4.90 Å². The number of thioether (sulfide) groups is 1. The van der Waals surface area contributed by atoms with Crippen LogP contribution in [0.5, 0.6) is 11.5 Å². The van der Waals surface area contributed by atoms with E-state index in [0.29, 0.717) is 5.75 Å². The summed E-state index contributed by atoms with van der Waals surface area (Å²) in [6.45, 7) is 4.30. The highest BCUT2D eigenvalue weighted by Crippen LogP contribution is 2.63. The molecule has 0 aromatic heterocycles. The number of benzene rings is 1. The first-order valence-corrected chi connectivity index (χ1v) is 15.2. The van der Waals surface area contributed by atoms with Crippen LogP contribution in [0.2, 0.25) is 0 Å². The van der Waals surface area contributed by atoms with Gasteiger partial charge in [-0.05, 0) is 38.1 Å². The third kappa shape index (κ3) is 4.76. The number of carboxylic acids is 1. The highest BCUT2D eigenvalue weighted by atomic mass is 32.2. The van der Waals surface area contributed by atoms with Gasteiger partial charge in [-0.3, -0.25) is 14.4 Å². The van der Waals surface area contributed by atoms with Crippen molar-refractivity contribution in [2.75, 3.05) is 20.7 Å². The maximum atomic E-state index is 12.4. The number of piperidine rings is 1. The average molecular weight is 618 g/mol. The lowest BCUT2D eigenvalue weighted by Crippen LogP contribution is -2.65. The fraction of sp³-hybridized carbons (Fsp3) is 0.600. The molecule has 232 valence electrons. The Labute approximate surface area is 252 Å². The molecule has 3 heterocycles. The molecular formula is C30H35NO11S. The van der Waals surface area contributed by atoms with Gasteiger partial charge in [0.05, 0.1) is 12.4 Å². The monoisotopic (exact) mass is 617 g/mol. The number of carbonyl (C=O) groups excluding carboxylic acids is 3. The largest absolute Gasteiger partial charge is 0.493 e. The molecule has 13 heteroatoms. The summed E-state index contributed by atoms with van der Waals surface area (Å²) in [5.74, 6) is -2.13. The van der Waals surface area contributed by atoms with Crippen molar-refractivity contribution in [1.29, 1.82) is 0 Å². The van der Waals surface area contributed by atoms with Crippen LogP contribution >= 0.6 is 11.8 Å². The summed E-state index contributed by atoms with van der Waals surface area (Å²) in [7, 11) is 3.76. The van der Waals surface area contributed by atoms with Crippen molar-refractivity contribution >= 4 is 35.6 Å². The first kappa shape index (κ1) is 29.8. The van der Waals surface area contributed by atoms with Crippen molar-refractivity contribution in [2.24, 2.45) is 5.92 Å². The number of aliphatic carboxylic acids is 1. The Balaban J connectivity index is 1.40. The number of rotatable bonds is 7. The Kier molecular flexibility index (Phi) is 7.62.